The number of halogens is 3. The smallest absolute Gasteiger partial charge is 0.348 e. The lowest BCUT2D eigenvalue weighted by molar-refractivity contribution is -0.144. The molecule has 1 aliphatic rings. The zero-order chi connectivity index (χ0) is 37.1. The van der Waals surface area contributed by atoms with Crippen LogP contribution in [0.25, 0.3) is 11.1 Å². The zero-order valence-corrected chi connectivity index (χ0v) is 30.8. The van der Waals surface area contributed by atoms with Gasteiger partial charge in [0, 0.05) is 37.0 Å². The van der Waals surface area contributed by atoms with Gasteiger partial charge < -0.3 is 10.1 Å². The summed E-state index contributed by atoms with van der Waals surface area (Å²) in [4.78, 5) is 47.1. The third kappa shape index (κ3) is 8.83. The van der Waals surface area contributed by atoms with Crippen LogP contribution in [-0.4, -0.2) is 58.2 Å². The predicted molar refractivity (Wildman–Crippen MR) is 189 cm³/mol. The lowest BCUT2D eigenvalue weighted by Crippen LogP contribution is -2.57. The van der Waals surface area contributed by atoms with Crippen molar-refractivity contribution in [2.45, 2.75) is 105 Å². The number of nitrogens with zero attached hydrogens (tertiary/aromatic N) is 3. The monoisotopic (exact) mass is 696 g/mol. The number of carbonyl (C=O) groups excluding carboxylic acids is 2. The summed E-state index contributed by atoms with van der Waals surface area (Å²) in [6, 6.07) is 4.40. The summed E-state index contributed by atoms with van der Waals surface area (Å²) in [5.41, 5.74) is 1.49. The van der Waals surface area contributed by atoms with Gasteiger partial charge in [0.05, 0.1) is 24.8 Å². The Hall–Kier alpha value is -3.99. The highest BCUT2D eigenvalue weighted by molar-refractivity contribution is 5.82. The average Bonchev–Trinajstić information content (AvgIpc) is 3.00. The normalized spacial score (nSPS) is 15.6. The van der Waals surface area contributed by atoms with Crippen LogP contribution in [-0.2, 0) is 20.7 Å². The van der Waals surface area contributed by atoms with Crippen molar-refractivity contribution in [2.75, 3.05) is 26.2 Å². The largest absolute Gasteiger partial charge is 0.466 e. The number of aryl methyl sites for hydroxylation is 3. The minimum Gasteiger partial charge on any atom is -0.466 e. The number of hydrogen-bond donors (Lipinski definition) is 1. The molecule has 0 aliphatic carbocycles. The highest BCUT2D eigenvalue weighted by Gasteiger charge is 2.38. The van der Waals surface area contributed by atoms with Gasteiger partial charge in [0.25, 0.3) is 0 Å². The number of hydrogen-bond acceptors (Lipinski definition) is 6. The summed E-state index contributed by atoms with van der Waals surface area (Å²) in [5, 5.41) is 2.75. The van der Waals surface area contributed by atoms with Crippen molar-refractivity contribution < 1.29 is 27.5 Å². The number of aromatic nitrogens is 2. The molecule has 3 aromatic rings. The van der Waals surface area contributed by atoms with E-state index < -0.39 is 58.9 Å². The molecule has 50 heavy (non-hydrogen) atoms. The third-order valence-electron chi connectivity index (χ3n) is 9.25. The van der Waals surface area contributed by atoms with Crippen LogP contribution < -0.4 is 11.0 Å². The van der Waals surface area contributed by atoms with Crippen LogP contribution in [0.3, 0.4) is 0 Å². The summed E-state index contributed by atoms with van der Waals surface area (Å²) in [6.07, 6.45) is 1.79. The number of carbonyl (C=O) groups is 2. The minimum absolute atomic E-state index is 0.0376. The second kappa shape index (κ2) is 15.9. The molecule has 8 nitrogen and oxygen atoms in total. The SMILES string of the molecule is CCOC(=O)C[C@H](NC(=O)[C@H](CC(C)C)n1cc(CCN2CC(C)(F)C2)c(C(C)C)nc1=O)c1c(F)c(C)cc(-c2c(C)cccc2C)c1F. The number of likely N-dealkylation sites (tertiary alicyclic amines) is 1. The Morgan fingerprint density at radius 2 is 1.68 bits per heavy atom. The van der Waals surface area contributed by atoms with E-state index in [1.807, 2.05) is 64.6 Å². The molecular formula is C39H51F3N4O4. The number of benzene rings is 2. The quantitative estimate of drug-likeness (QED) is 0.179. The Morgan fingerprint density at radius 1 is 1.04 bits per heavy atom. The Bertz CT molecular complexity index is 1760. The number of rotatable bonds is 14. The second-order valence-electron chi connectivity index (χ2n) is 14.6. The van der Waals surface area contributed by atoms with Gasteiger partial charge in [0.1, 0.15) is 23.3 Å². The molecule has 0 unspecified atom stereocenters. The number of amides is 1. The van der Waals surface area contributed by atoms with Crippen molar-refractivity contribution in [3.05, 3.63) is 86.1 Å². The van der Waals surface area contributed by atoms with Crippen LogP contribution in [0.15, 0.2) is 35.3 Å². The highest BCUT2D eigenvalue weighted by Crippen LogP contribution is 2.37. The van der Waals surface area contributed by atoms with Crippen LogP contribution >= 0.6 is 0 Å². The summed E-state index contributed by atoms with van der Waals surface area (Å²) in [5.74, 6) is -3.36. The summed E-state index contributed by atoms with van der Waals surface area (Å²) in [7, 11) is 0. The first-order valence-electron chi connectivity index (χ1n) is 17.5. The van der Waals surface area contributed by atoms with Crippen LogP contribution in [0.1, 0.15) is 106 Å². The molecule has 2 heterocycles. The number of esters is 1. The second-order valence-corrected chi connectivity index (χ2v) is 14.6. The molecule has 4 rings (SSSR count). The summed E-state index contributed by atoms with van der Waals surface area (Å²) in [6.45, 7) is 17.2. The molecule has 1 N–H and O–H groups in total. The first kappa shape index (κ1) is 38.8. The summed E-state index contributed by atoms with van der Waals surface area (Å²) >= 11 is 0. The topological polar surface area (TPSA) is 93.5 Å². The predicted octanol–water partition coefficient (Wildman–Crippen LogP) is 7.22. The van der Waals surface area contributed by atoms with E-state index in [0.29, 0.717) is 37.3 Å². The van der Waals surface area contributed by atoms with Gasteiger partial charge in [-0.1, -0.05) is 45.9 Å². The van der Waals surface area contributed by atoms with Crippen molar-refractivity contribution in [1.82, 2.24) is 19.8 Å². The first-order chi connectivity index (χ1) is 23.4. The van der Waals surface area contributed by atoms with Crippen molar-refractivity contribution in [3.63, 3.8) is 0 Å². The maximum Gasteiger partial charge on any atom is 0.348 e. The first-order valence-corrected chi connectivity index (χ1v) is 17.5. The molecule has 272 valence electrons. The lowest BCUT2D eigenvalue weighted by Gasteiger charge is -2.42. The molecule has 11 heteroatoms. The maximum absolute atomic E-state index is 16.7. The van der Waals surface area contributed by atoms with Crippen molar-refractivity contribution >= 4 is 11.9 Å². The van der Waals surface area contributed by atoms with Crippen LogP contribution in [0, 0.1) is 38.3 Å². The third-order valence-corrected chi connectivity index (χ3v) is 9.25. The molecule has 2 atom stereocenters. The van der Waals surface area contributed by atoms with E-state index in [4.69, 9.17) is 4.74 Å². The Labute approximate surface area is 293 Å². The van der Waals surface area contributed by atoms with Gasteiger partial charge in [-0.15, -0.1) is 0 Å². The lowest BCUT2D eigenvalue weighted by atomic mass is 9.89. The van der Waals surface area contributed by atoms with Gasteiger partial charge in [-0.3, -0.25) is 19.1 Å². The van der Waals surface area contributed by atoms with E-state index in [9.17, 15) is 18.8 Å². The Kier molecular flexibility index (Phi) is 12.4. The van der Waals surface area contributed by atoms with E-state index in [2.05, 4.69) is 10.3 Å². The van der Waals surface area contributed by atoms with E-state index >= 15 is 8.78 Å². The molecule has 1 fully saturated rings. The average molecular weight is 697 g/mol. The fourth-order valence-corrected chi connectivity index (χ4v) is 6.96. The maximum atomic E-state index is 16.7. The molecule has 0 bridgehead atoms. The molecule has 0 radical (unpaired) electrons. The van der Waals surface area contributed by atoms with E-state index in [1.54, 1.807) is 20.0 Å². The van der Waals surface area contributed by atoms with Gasteiger partial charge in [-0.05, 0) is 93.2 Å². The molecule has 0 spiro atoms. The molecule has 1 amide bonds. The van der Waals surface area contributed by atoms with Crippen LogP contribution in [0.5, 0.6) is 0 Å². The Morgan fingerprint density at radius 3 is 2.24 bits per heavy atom. The van der Waals surface area contributed by atoms with Gasteiger partial charge >= 0.3 is 11.7 Å². The zero-order valence-electron chi connectivity index (χ0n) is 30.8. The fraction of sp³-hybridized carbons (Fsp3) is 0.538. The van der Waals surface area contributed by atoms with Crippen molar-refractivity contribution in [3.8, 4) is 11.1 Å². The standard InChI is InChI=1S/C39H51F3N4O4/c1-10-50-31(47)18-29(33-34(40)26(8)17-28(35(33)41)32-24(6)12-11-13-25(32)7)43-37(48)30(16-22(2)3)46-19-27(36(23(4)5)44-38(46)49)14-15-45-20-39(9,42)21-45/h11-13,17,19,22-23,29-30H,10,14-16,18,20-21H2,1-9H3,(H,43,48)/t29-,30-/m0/s1. The number of alkyl halides is 1. The van der Waals surface area contributed by atoms with E-state index in [0.717, 1.165) is 16.7 Å². The highest BCUT2D eigenvalue weighted by atomic mass is 19.1. The van der Waals surface area contributed by atoms with Gasteiger partial charge in [0.15, 0.2) is 0 Å². The number of nitrogens with one attached hydrogen (secondary N) is 1. The van der Waals surface area contributed by atoms with Gasteiger partial charge in [0.2, 0.25) is 5.91 Å². The fourth-order valence-electron chi connectivity index (χ4n) is 6.96. The van der Waals surface area contributed by atoms with E-state index in [-0.39, 0.29) is 36.0 Å². The van der Waals surface area contributed by atoms with Crippen LogP contribution in [0.2, 0.25) is 0 Å². The molecule has 1 saturated heterocycles. The minimum atomic E-state index is -1.45. The van der Waals surface area contributed by atoms with Crippen molar-refractivity contribution in [1.29, 1.82) is 0 Å². The Balaban J connectivity index is 1.79. The van der Waals surface area contributed by atoms with E-state index in [1.165, 1.54) is 17.6 Å². The molecular weight excluding hydrogens is 645 g/mol. The molecule has 2 aromatic carbocycles. The molecule has 1 aliphatic heterocycles. The van der Waals surface area contributed by atoms with Crippen LogP contribution in [0.4, 0.5) is 13.2 Å². The molecule has 1 aromatic heterocycles. The van der Waals surface area contributed by atoms with Gasteiger partial charge in [-0.25, -0.2) is 18.0 Å². The van der Waals surface area contributed by atoms with Crippen molar-refractivity contribution in [2.24, 2.45) is 5.92 Å². The number of ether oxygens (including phenoxy) is 1. The molecule has 0 saturated carbocycles. The summed E-state index contributed by atoms with van der Waals surface area (Å²) < 4.78 is 53.3. The van der Waals surface area contributed by atoms with Gasteiger partial charge in [-0.2, -0.15) is 4.98 Å².